The molecule has 0 spiro atoms. The van der Waals surface area contributed by atoms with E-state index in [-0.39, 0.29) is 6.73 Å². The fraction of sp³-hybridized carbons (Fsp3) is 0.0455. The molecule has 0 unspecified atom stereocenters. The van der Waals surface area contributed by atoms with Gasteiger partial charge in [-0.15, -0.1) is 5.10 Å². The fourth-order valence-electron chi connectivity index (χ4n) is 3.49. The van der Waals surface area contributed by atoms with Gasteiger partial charge in [0, 0.05) is 6.20 Å². The van der Waals surface area contributed by atoms with Gasteiger partial charge in [0.1, 0.15) is 12.0 Å². The number of para-hydroxylation sites is 2. The van der Waals surface area contributed by atoms with Gasteiger partial charge in [-0.2, -0.15) is 10.2 Å². The van der Waals surface area contributed by atoms with E-state index in [1.54, 1.807) is 50.8 Å². The van der Waals surface area contributed by atoms with E-state index >= 15 is 0 Å². The van der Waals surface area contributed by atoms with Crippen molar-refractivity contribution < 1.29 is 4.74 Å². The largest absolute Gasteiger partial charge is 0.468 e. The van der Waals surface area contributed by atoms with Gasteiger partial charge < -0.3 is 4.74 Å². The summed E-state index contributed by atoms with van der Waals surface area (Å²) in [5.74, 6) is 0.874. The lowest BCUT2D eigenvalue weighted by atomic mass is 10.3. The highest BCUT2D eigenvalue weighted by Crippen LogP contribution is 2.32. The molecule has 0 saturated carbocycles. The van der Waals surface area contributed by atoms with E-state index in [1.807, 2.05) is 36.4 Å². The van der Waals surface area contributed by atoms with Crippen molar-refractivity contribution in [2.24, 2.45) is 0 Å². The van der Waals surface area contributed by atoms with Crippen LogP contribution in [0.3, 0.4) is 0 Å². The molecule has 0 aliphatic carbocycles. The van der Waals surface area contributed by atoms with Gasteiger partial charge in [-0.1, -0.05) is 47.5 Å². The highest BCUT2D eigenvalue weighted by atomic mass is 35.5. The lowest BCUT2D eigenvalue weighted by Gasteiger charge is -2.09. The molecule has 4 aromatic heterocycles. The van der Waals surface area contributed by atoms with E-state index in [9.17, 15) is 0 Å². The van der Waals surface area contributed by atoms with Crippen LogP contribution in [0, 0.1) is 0 Å². The zero-order valence-corrected chi connectivity index (χ0v) is 18.4. The number of hydrogen-bond donors (Lipinski definition) is 0. The smallest absolute Gasteiger partial charge is 0.202 e. The minimum atomic E-state index is 0.131. The monoisotopic (exact) mass is 476 g/mol. The third kappa shape index (κ3) is 3.47. The van der Waals surface area contributed by atoms with Crippen molar-refractivity contribution in [1.82, 2.24) is 39.1 Å². The lowest BCUT2D eigenvalue weighted by molar-refractivity contribution is 0.221. The van der Waals surface area contributed by atoms with Gasteiger partial charge in [0.15, 0.2) is 23.8 Å². The van der Waals surface area contributed by atoms with Crippen LogP contribution in [-0.4, -0.2) is 39.1 Å². The maximum absolute atomic E-state index is 6.16. The van der Waals surface area contributed by atoms with Crippen molar-refractivity contribution in [3.8, 4) is 23.0 Å². The molecule has 0 fully saturated rings. The number of rotatable bonds is 5. The minimum absolute atomic E-state index is 0.131. The Bertz CT molecular complexity index is 1590. The van der Waals surface area contributed by atoms with Crippen molar-refractivity contribution in [1.29, 1.82) is 0 Å². The van der Waals surface area contributed by atoms with Crippen molar-refractivity contribution in [2.75, 3.05) is 0 Å². The first kappa shape index (κ1) is 19.7. The SMILES string of the molecule is Clc1cccc(Cl)c1OCn1ccc(-c2nc3c4cnn(-c5ccccc5)c4ncn3n2)n1. The third-order valence-corrected chi connectivity index (χ3v) is 5.63. The molecule has 0 aliphatic heterocycles. The number of aromatic nitrogens is 8. The minimum Gasteiger partial charge on any atom is -0.468 e. The van der Waals surface area contributed by atoms with E-state index in [2.05, 4.69) is 25.3 Å². The molecule has 162 valence electrons. The molecule has 6 aromatic rings. The zero-order chi connectivity index (χ0) is 22.4. The number of fused-ring (bicyclic) bond motifs is 3. The first-order valence-electron chi connectivity index (χ1n) is 9.92. The number of nitrogens with zero attached hydrogens (tertiary/aromatic N) is 8. The lowest BCUT2D eigenvalue weighted by Crippen LogP contribution is -2.06. The first-order valence-corrected chi connectivity index (χ1v) is 10.7. The summed E-state index contributed by atoms with van der Waals surface area (Å²) in [6.07, 6.45) is 5.13. The van der Waals surface area contributed by atoms with Crippen LogP contribution in [-0.2, 0) is 6.73 Å². The quantitative estimate of drug-likeness (QED) is 0.359. The molecule has 6 rings (SSSR count). The van der Waals surface area contributed by atoms with Crippen molar-refractivity contribution in [2.45, 2.75) is 6.73 Å². The van der Waals surface area contributed by atoms with E-state index in [4.69, 9.17) is 27.9 Å². The van der Waals surface area contributed by atoms with Gasteiger partial charge in [0.05, 0.1) is 27.3 Å². The Kier molecular flexibility index (Phi) is 4.70. The maximum atomic E-state index is 6.16. The Balaban J connectivity index is 1.31. The molecule has 4 heterocycles. The van der Waals surface area contributed by atoms with Crippen LogP contribution in [0.4, 0.5) is 0 Å². The molecule has 11 heteroatoms. The van der Waals surface area contributed by atoms with Crippen LogP contribution < -0.4 is 4.74 Å². The van der Waals surface area contributed by atoms with Crippen LogP contribution in [0.25, 0.3) is 33.9 Å². The summed E-state index contributed by atoms with van der Waals surface area (Å²) < 4.78 is 10.7. The van der Waals surface area contributed by atoms with Crippen LogP contribution >= 0.6 is 23.2 Å². The fourth-order valence-corrected chi connectivity index (χ4v) is 4.00. The molecule has 2 aromatic carbocycles. The Morgan fingerprint density at radius 2 is 1.70 bits per heavy atom. The molecule has 33 heavy (non-hydrogen) atoms. The molecule has 0 N–H and O–H groups in total. The molecule has 9 nitrogen and oxygen atoms in total. The second-order valence-electron chi connectivity index (χ2n) is 7.14. The molecule has 0 amide bonds. The highest BCUT2D eigenvalue weighted by molar-refractivity contribution is 6.37. The second-order valence-corrected chi connectivity index (χ2v) is 7.96. The zero-order valence-electron chi connectivity index (χ0n) is 16.9. The average molecular weight is 477 g/mol. The predicted octanol–water partition coefficient (Wildman–Crippen LogP) is 4.67. The van der Waals surface area contributed by atoms with Gasteiger partial charge >= 0.3 is 0 Å². The van der Waals surface area contributed by atoms with Crippen LogP contribution in [0.5, 0.6) is 5.75 Å². The Morgan fingerprint density at radius 3 is 2.52 bits per heavy atom. The number of benzene rings is 2. The average Bonchev–Trinajstić information content (AvgIpc) is 3.56. The summed E-state index contributed by atoms with van der Waals surface area (Å²) in [4.78, 5) is 9.21. The number of ether oxygens (including phenoxy) is 1. The molecular formula is C22H14Cl2N8O. The van der Waals surface area contributed by atoms with Crippen molar-refractivity contribution >= 4 is 39.9 Å². The van der Waals surface area contributed by atoms with E-state index in [0.717, 1.165) is 11.1 Å². The molecule has 0 bridgehead atoms. The van der Waals surface area contributed by atoms with E-state index in [0.29, 0.717) is 38.6 Å². The van der Waals surface area contributed by atoms with Gasteiger partial charge in [0.2, 0.25) is 5.82 Å². The van der Waals surface area contributed by atoms with Gasteiger partial charge in [-0.05, 0) is 30.3 Å². The van der Waals surface area contributed by atoms with Gasteiger partial charge in [0.25, 0.3) is 0 Å². The number of halogens is 2. The molecule has 0 saturated heterocycles. The van der Waals surface area contributed by atoms with E-state index < -0.39 is 0 Å². The first-order chi connectivity index (χ1) is 16.2. The Hall–Kier alpha value is -3.95. The van der Waals surface area contributed by atoms with Crippen LogP contribution in [0.15, 0.2) is 73.3 Å². The summed E-state index contributed by atoms with van der Waals surface area (Å²) >= 11 is 12.3. The summed E-state index contributed by atoms with van der Waals surface area (Å²) in [6.45, 7) is 0.131. The summed E-state index contributed by atoms with van der Waals surface area (Å²) in [5, 5.41) is 15.2. The topological polar surface area (TPSA) is 88.0 Å². The van der Waals surface area contributed by atoms with Gasteiger partial charge in [-0.3, -0.25) is 0 Å². The standard InChI is InChI=1S/C22H14Cl2N8O/c23-16-7-4-8-17(24)19(16)33-13-30-10-9-18(28-30)20-27-22-15-11-26-32(14-5-2-1-3-6-14)21(15)25-12-31(22)29-20/h1-12H,13H2. The molecular weight excluding hydrogens is 463 g/mol. The predicted molar refractivity (Wildman–Crippen MR) is 124 cm³/mol. The van der Waals surface area contributed by atoms with E-state index in [1.165, 1.54) is 0 Å². The Morgan fingerprint density at radius 1 is 0.879 bits per heavy atom. The second kappa shape index (κ2) is 7.88. The molecule has 0 aliphatic rings. The van der Waals surface area contributed by atoms with Crippen molar-refractivity contribution in [3.63, 3.8) is 0 Å². The summed E-state index contributed by atoms with van der Waals surface area (Å²) in [6, 6.07) is 16.8. The highest BCUT2D eigenvalue weighted by Gasteiger charge is 2.16. The molecule has 0 radical (unpaired) electrons. The van der Waals surface area contributed by atoms with Crippen molar-refractivity contribution in [3.05, 3.63) is 83.4 Å². The van der Waals surface area contributed by atoms with Gasteiger partial charge in [-0.25, -0.2) is 23.8 Å². The van der Waals surface area contributed by atoms with Crippen LogP contribution in [0.1, 0.15) is 0 Å². The van der Waals surface area contributed by atoms with Crippen LogP contribution in [0.2, 0.25) is 10.0 Å². The third-order valence-electron chi connectivity index (χ3n) is 5.04. The number of hydrogen-bond acceptors (Lipinski definition) is 6. The molecule has 0 atom stereocenters. The Labute approximate surface area is 196 Å². The maximum Gasteiger partial charge on any atom is 0.202 e. The normalized spacial score (nSPS) is 11.5. The summed E-state index contributed by atoms with van der Waals surface area (Å²) in [7, 11) is 0. The summed E-state index contributed by atoms with van der Waals surface area (Å²) in [5.41, 5.74) is 2.85.